The van der Waals surface area contributed by atoms with Crippen molar-refractivity contribution in [2.24, 2.45) is 0 Å². The molecule has 0 radical (unpaired) electrons. The lowest BCUT2D eigenvalue weighted by atomic mass is 10.2. The maximum absolute atomic E-state index is 12.4. The predicted molar refractivity (Wildman–Crippen MR) is 96.9 cm³/mol. The van der Waals surface area contributed by atoms with Crippen molar-refractivity contribution in [2.75, 3.05) is 18.5 Å². The summed E-state index contributed by atoms with van der Waals surface area (Å²) in [6, 6.07) is 14.7. The lowest BCUT2D eigenvalue weighted by Crippen LogP contribution is -2.42. The maximum Gasteiger partial charge on any atom is 0.329 e. The van der Waals surface area contributed by atoms with Crippen molar-refractivity contribution in [3.63, 3.8) is 0 Å². The smallest absolute Gasteiger partial charge is 0.329 e. The molecule has 0 aliphatic rings. The van der Waals surface area contributed by atoms with Gasteiger partial charge in [0, 0.05) is 12.2 Å². The molecule has 134 valence electrons. The first-order valence-electron chi connectivity index (χ1n) is 7.97. The zero-order chi connectivity index (χ0) is 18.3. The summed E-state index contributed by atoms with van der Waals surface area (Å²) in [4.78, 5) is 12.3. The third kappa shape index (κ3) is 5.58. The fraction of sp³-hybridized carbons (Fsp3) is 0.278. The Hall–Kier alpha value is -2.38. The molecule has 0 aliphatic carbocycles. The highest BCUT2D eigenvalue weighted by atomic mass is 32.2. The number of hydrogen-bond donors (Lipinski definition) is 2. The molecule has 7 heteroatoms. The van der Waals surface area contributed by atoms with Gasteiger partial charge in [-0.05, 0) is 38.1 Å². The van der Waals surface area contributed by atoms with Crippen LogP contribution in [0.3, 0.4) is 0 Å². The summed E-state index contributed by atoms with van der Waals surface area (Å²) in [7, 11) is -3.71. The Morgan fingerprint density at radius 3 is 2.32 bits per heavy atom. The van der Waals surface area contributed by atoms with Crippen LogP contribution in [0.4, 0.5) is 5.69 Å². The largest absolute Gasteiger partial charge is 0.464 e. The fourth-order valence-corrected chi connectivity index (χ4v) is 3.21. The highest BCUT2D eigenvalue weighted by molar-refractivity contribution is 7.89. The maximum atomic E-state index is 12.4. The average Bonchev–Trinajstić information content (AvgIpc) is 2.60. The number of hydrogen-bond acceptors (Lipinski definition) is 5. The van der Waals surface area contributed by atoms with Crippen LogP contribution in [0.25, 0.3) is 0 Å². The first-order valence-corrected chi connectivity index (χ1v) is 9.45. The number of rotatable bonds is 8. The van der Waals surface area contributed by atoms with Gasteiger partial charge < -0.3 is 10.1 Å². The second-order valence-electron chi connectivity index (χ2n) is 5.48. The van der Waals surface area contributed by atoms with Crippen LogP contribution in [0.1, 0.15) is 12.5 Å². The zero-order valence-electron chi connectivity index (χ0n) is 14.2. The van der Waals surface area contributed by atoms with Gasteiger partial charge in [0.15, 0.2) is 0 Å². The molecule has 0 amide bonds. The SMILES string of the molecule is CCOC(=O)C(CNS(=O)(=O)c1ccc(C)cc1)Nc1ccccc1. The number of anilines is 1. The standard InChI is InChI=1S/C18H22N2O4S/c1-3-24-18(21)17(20-15-7-5-4-6-8-15)13-19-25(22,23)16-11-9-14(2)10-12-16/h4-12,17,19-20H,3,13H2,1-2H3. The Kier molecular flexibility index (Phi) is 6.55. The number of ether oxygens (including phenoxy) is 1. The molecule has 2 aromatic rings. The minimum absolute atomic E-state index is 0.121. The van der Waals surface area contributed by atoms with Gasteiger partial charge in [-0.15, -0.1) is 0 Å². The summed E-state index contributed by atoms with van der Waals surface area (Å²) >= 11 is 0. The summed E-state index contributed by atoms with van der Waals surface area (Å²) < 4.78 is 32.3. The summed E-state index contributed by atoms with van der Waals surface area (Å²) in [6.45, 7) is 3.68. The van der Waals surface area contributed by atoms with Gasteiger partial charge in [0.2, 0.25) is 10.0 Å². The van der Waals surface area contributed by atoms with Crippen LogP contribution in [0.5, 0.6) is 0 Å². The van der Waals surface area contributed by atoms with E-state index in [1.54, 1.807) is 31.2 Å². The Bertz CT molecular complexity index is 790. The van der Waals surface area contributed by atoms with Gasteiger partial charge in [0.25, 0.3) is 0 Å². The van der Waals surface area contributed by atoms with Gasteiger partial charge in [-0.3, -0.25) is 0 Å². The zero-order valence-corrected chi connectivity index (χ0v) is 15.0. The van der Waals surface area contributed by atoms with Crippen molar-refractivity contribution in [1.29, 1.82) is 0 Å². The third-order valence-corrected chi connectivity index (χ3v) is 4.93. The Morgan fingerprint density at radius 1 is 1.08 bits per heavy atom. The molecular weight excluding hydrogens is 340 g/mol. The Balaban J connectivity index is 2.10. The van der Waals surface area contributed by atoms with Gasteiger partial charge in [-0.25, -0.2) is 17.9 Å². The normalized spacial score (nSPS) is 12.4. The van der Waals surface area contributed by atoms with Crippen LogP contribution in [0.15, 0.2) is 59.5 Å². The average molecular weight is 362 g/mol. The number of sulfonamides is 1. The van der Waals surface area contributed by atoms with Crippen molar-refractivity contribution in [3.8, 4) is 0 Å². The van der Waals surface area contributed by atoms with Crippen molar-refractivity contribution >= 4 is 21.7 Å². The van der Waals surface area contributed by atoms with Crippen LogP contribution in [-0.4, -0.2) is 33.6 Å². The lowest BCUT2D eigenvalue weighted by molar-refractivity contribution is -0.143. The molecule has 0 fully saturated rings. The molecule has 0 saturated heterocycles. The minimum atomic E-state index is -3.71. The third-order valence-electron chi connectivity index (χ3n) is 3.49. The molecule has 6 nitrogen and oxygen atoms in total. The molecule has 0 heterocycles. The van der Waals surface area contributed by atoms with E-state index in [4.69, 9.17) is 4.74 Å². The van der Waals surface area contributed by atoms with Crippen LogP contribution >= 0.6 is 0 Å². The molecular formula is C18H22N2O4S. The number of carbonyl (C=O) groups is 1. The molecule has 1 atom stereocenters. The summed E-state index contributed by atoms with van der Waals surface area (Å²) in [5.41, 5.74) is 1.67. The summed E-state index contributed by atoms with van der Waals surface area (Å²) in [5, 5.41) is 3.00. The number of esters is 1. The molecule has 0 spiro atoms. The number of nitrogens with one attached hydrogen (secondary N) is 2. The van der Waals surface area contributed by atoms with E-state index in [9.17, 15) is 13.2 Å². The van der Waals surface area contributed by atoms with E-state index < -0.39 is 22.0 Å². The number of carbonyl (C=O) groups excluding carboxylic acids is 1. The second kappa shape index (κ2) is 8.64. The van der Waals surface area contributed by atoms with Gasteiger partial charge >= 0.3 is 5.97 Å². The van der Waals surface area contributed by atoms with Gasteiger partial charge in [-0.2, -0.15) is 0 Å². The van der Waals surface area contributed by atoms with E-state index in [2.05, 4.69) is 10.0 Å². The van der Waals surface area contributed by atoms with Crippen LogP contribution in [0, 0.1) is 6.92 Å². The Labute approximate surface area is 148 Å². The number of para-hydroxylation sites is 1. The highest BCUT2D eigenvalue weighted by Gasteiger charge is 2.23. The van der Waals surface area contributed by atoms with Gasteiger partial charge in [-0.1, -0.05) is 35.9 Å². The predicted octanol–water partition coefficient (Wildman–Crippen LogP) is 2.32. The topological polar surface area (TPSA) is 84.5 Å². The molecule has 0 bridgehead atoms. The minimum Gasteiger partial charge on any atom is -0.464 e. The molecule has 0 aliphatic heterocycles. The molecule has 25 heavy (non-hydrogen) atoms. The summed E-state index contributed by atoms with van der Waals surface area (Å²) in [5.74, 6) is -0.516. The highest BCUT2D eigenvalue weighted by Crippen LogP contribution is 2.11. The van der Waals surface area contributed by atoms with E-state index in [1.807, 2.05) is 25.1 Å². The van der Waals surface area contributed by atoms with E-state index in [0.717, 1.165) is 5.56 Å². The molecule has 2 N–H and O–H groups in total. The first-order chi connectivity index (χ1) is 11.9. The number of aryl methyl sites for hydroxylation is 1. The summed E-state index contributed by atoms with van der Waals surface area (Å²) in [6.07, 6.45) is 0. The van der Waals surface area contributed by atoms with E-state index in [1.165, 1.54) is 12.1 Å². The molecule has 0 saturated carbocycles. The van der Waals surface area contributed by atoms with E-state index in [0.29, 0.717) is 5.69 Å². The first kappa shape index (κ1) is 19.0. The quantitative estimate of drug-likeness (QED) is 0.704. The van der Waals surface area contributed by atoms with Crippen molar-refractivity contribution in [3.05, 3.63) is 60.2 Å². The van der Waals surface area contributed by atoms with Crippen LogP contribution in [-0.2, 0) is 19.6 Å². The van der Waals surface area contributed by atoms with E-state index >= 15 is 0 Å². The van der Waals surface area contributed by atoms with Crippen LogP contribution < -0.4 is 10.0 Å². The second-order valence-corrected chi connectivity index (χ2v) is 7.25. The molecule has 1 unspecified atom stereocenters. The molecule has 2 aromatic carbocycles. The van der Waals surface area contributed by atoms with Crippen molar-refractivity contribution < 1.29 is 17.9 Å². The molecule has 0 aromatic heterocycles. The number of benzene rings is 2. The Morgan fingerprint density at radius 2 is 1.72 bits per heavy atom. The van der Waals surface area contributed by atoms with Crippen molar-refractivity contribution in [1.82, 2.24) is 4.72 Å². The fourth-order valence-electron chi connectivity index (χ4n) is 2.17. The van der Waals surface area contributed by atoms with Crippen molar-refractivity contribution in [2.45, 2.75) is 24.8 Å². The van der Waals surface area contributed by atoms with E-state index in [-0.39, 0.29) is 18.0 Å². The monoisotopic (exact) mass is 362 g/mol. The van der Waals surface area contributed by atoms with Gasteiger partial charge in [0.05, 0.1) is 11.5 Å². The molecule has 2 rings (SSSR count). The van der Waals surface area contributed by atoms with Crippen LogP contribution in [0.2, 0.25) is 0 Å². The van der Waals surface area contributed by atoms with Gasteiger partial charge in [0.1, 0.15) is 6.04 Å². The lowest BCUT2D eigenvalue weighted by Gasteiger charge is -2.19.